The fraction of sp³-hybridized carbons (Fsp3) is 1.00. The molecule has 84 valence electrons. The van der Waals surface area contributed by atoms with Gasteiger partial charge in [0.15, 0.2) is 0 Å². The molecule has 0 amide bonds. The van der Waals surface area contributed by atoms with E-state index >= 15 is 0 Å². The van der Waals surface area contributed by atoms with Gasteiger partial charge in [-0.25, -0.2) is 0 Å². The van der Waals surface area contributed by atoms with Gasteiger partial charge in [0.2, 0.25) is 0 Å². The number of aliphatic hydroxyl groups excluding tert-OH is 2. The van der Waals surface area contributed by atoms with Crippen LogP contribution in [0, 0.1) is 11.3 Å². The Hall–Kier alpha value is 0.230. The lowest BCUT2D eigenvalue weighted by atomic mass is 9.93. The highest BCUT2D eigenvalue weighted by Crippen LogP contribution is 2.22. The fourth-order valence-electron chi connectivity index (χ4n) is 1.48. The van der Waals surface area contributed by atoms with Crippen molar-refractivity contribution < 1.29 is 10.2 Å². The largest absolute Gasteiger partial charge is 0.396 e. The third-order valence-corrected chi connectivity index (χ3v) is 4.00. The summed E-state index contributed by atoms with van der Waals surface area (Å²) in [5.74, 6) is 3.31. The zero-order valence-corrected chi connectivity index (χ0v) is 9.65. The minimum absolute atomic E-state index is 0.0376. The lowest BCUT2D eigenvalue weighted by Crippen LogP contribution is -2.39. The summed E-state index contributed by atoms with van der Waals surface area (Å²) in [7, 11) is 0. The molecule has 1 aliphatic heterocycles. The summed E-state index contributed by atoms with van der Waals surface area (Å²) < 4.78 is 0. The van der Waals surface area contributed by atoms with Gasteiger partial charge in [0.25, 0.3) is 0 Å². The molecule has 0 saturated carbocycles. The van der Waals surface area contributed by atoms with Crippen LogP contribution in [-0.4, -0.2) is 48.0 Å². The maximum Gasteiger partial charge on any atom is 0.0518 e. The molecule has 0 aliphatic carbocycles. The van der Waals surface area contributed by atoms with Crippen LogP contribution < -0.4 is 5.32 Å². The highest BCUT2D eigenvalue weighted by atomic mass is 32.2. The third kappa shape index (κ3) is 3.77. The van der Waals surface area contributed by atoms with Gasteiger partial charge in [-0.15, -0.1) is 0 Å². The van der Waals surface area contributed by atoms with Gasteiger partial charge in [-0.1, -0.05) is 6.92 Å². The highest BCUT2D eigenvalue weighted by Gasteiger charge is 2.23. The van der Waals surface area contributed by atoms with Crippen molar-refractivity contribution in [1.82, 2.24) is 5.32 Å². The van der Waals surface area contributed by atoms with E-state index in [-0.39, 0.29) is 18.6 Å². The van der Waals surface area contributed by atoms with Crippen molar-refractivity contribution in [3.8, 4) is 0 Å². The quantitative estimate of drug-likeness (QED) is 0.602. The third-order valence-electron chi connectivity index (χ3n) is 2.77. The van der Waals surface area contributed by atoms with Crippen molar-refractivity contribution in [3.63, 3.8) is 0 Å². The molecule has 0 aromatic heterocycles. The molecule has 0 bridgehead atoms. The first-order chi connectivity index (χ1) is 6.70. The standard InChI is InChI=1S/C10H21NO2S/c1-10(7-12,8-13)6-11-4-9-2-3-14-5-9/h9,11-13H,2-8H2,1H3. The maximum absolute atomic E-state index is 9.07. The molecule has 1 aliphatic rings. The number of thioether (sulfide) groups is 1. The summed E-state index contributed by atoms with van der Waals surface area (Å²) in [6.45, 7) is 3.68. The molecule has 0 aromatic rings. The van der Waals surface area contributed by atoms with Gasteiger partial charge in [0, 0.05) is 12.0 Å². The molecule has 1 fully saturated rings. The molecule has 0 spiro atoms. The SMILES string of the molecule is CC(CO)(CO)CNCC1CCSC1. The Morgan fingerprint density at radius 1 is 1.43 bits per heavy atom. The summed E-state index contributed by atoms with van der Waals surface area (Å²) in [5, 5.41) is 21.5. The predicted molar refractivity (Wildman–Crippen MR) is 60.6 cm³/mol. The molecule has 14 heavy (non-hydrogen) atoms. The van der Waals surface area contributed by atoms with Crippen LogP contribution in [0.1, 0.15) is 13.3 Å². The van der Waals surface area contributed by atoms with Crippen molar-refractivity contribution in [1.29, 1.82) is 0 Å². The van der Waals surface area contributed by atoms with E-state index in [9.17, 15) is 0 Å². The molecule has 4 heteroatoms. The van der Waals surface area contributed by atoms with E-state index < -0.39 is 0 Å². The van der Waals surface area contributed by atoms with Crippen LogP contribution in [0.2, 0.25) is 0 Å². The fourth-order valence-corrected chi connectivity index (χ4v) is 2.77. The average molecular weight is 219 g/mol. The van der Waals surface area contributed by atoms with Gasteiger partial charge in [-0.05, 0) is 30.4 Å². The van der Waals surface area contributed by atoms with Crippen LogP contribution in [0.4, 0.5) is 0 Å². The van der Waals surface area contributed by atoms with Crippen LogP contribution >= 0.6 is 11.8 Å². The Labute approximate surface area is 90.3 Å². The maximum atomic E-state index is 9.07. The van der Waals surface area contributed by atoms with Gasteiger partial charge in [0.05, 0.1) is 13.2 Å². The Bertz CT molecular complexity index is 156. The molecular weight excluding hydrogens is 198 g/mol. The van der Waals surface area contributed by atoms with Crippen LogP contribution in [0.5, 0.6) is 0 Å². The van der Waals surface area contributed by atoms with Gasteiger partial charge < -0.3 is 15.5 Å². The zero-order chi connectivity index (χ0) is 10.4. The second kappa shape index (κ2) is 5.95. The first kappa shape index (κ1) is 12.3. The predicted octanol–water partition coefficient (Wildman–Crippen LogP) is 0.320. The van der Waals surface area contributed by atoms with E-state index in [4.69, 9.17) is 10.2 Å². The first-order valence-corrected chi connectivity index (χ1v) is 6.36. The molecule has 3 N–H and O–H groups in total. The Morgan fingerprint density at radius 3 is 2.64 bits per heavy atom. The van der Waals surface area contributed by atoms with Crippen LogP contribution in [0.15, 0.2) is 0 Å². The Balaban J connectivity index is 2.12. The van der Waals surface area contributed by atoms with Crippen molar-refractivity contribution in [3.05, 3.63) is 0 Å². The second-order valence-corrected chi connectivity index (χ2v) is 5.64. The molecule has 3 nitrogen and oxygen atoms in total. The van der Waals surface area contributed by atoms with E-state index in [0.29, 0.717) is 6.54 Å². The minimum Gasteiger partial charge on any atom is -0.396 e. The highest BCUT2D eigenvalue weighted by molar-refractivity contribution is 7.99. The van der Waals surface area contributed by atoms with Crippen molar-refractivity contribution >= 4 is 11.8 Å². The summed E-state index contributed by atoms with van der Waals surface area (Å²) in [6, 6.07) is 0. The molecule has 1 rings (SSSR count). The number of rotatable bonds is 6. The van der Waals surface area contributed by atoms with E-state index in [2.05, 4.69) is 5.32 Å². The molecular formula is C10H21NO2S. The molecule has 0 aromatic carbocycles. The second-order valence-electron chi connectivity index (χ2n) is 4.49. The first-order valence-electron chi connectivity index (χ1n) is 5.20. The molecule has 1 saturated heterocycles. The summed E-state index contributed by atoms with van der Waals surface area (Å²) in [4.78, 5) is 0. The zero-order valence-electron chi connectivity index (χ0n) is 8.83. The summed E-state index contributed by atoms with van der Waals surface area (Å²) in [6.07, 6.45) is 1.30. The lowest BCUT2D eigenvalue weighted by Gasteiger charge is -2.25. The Kier molecular flexibility index (Phi) is 5.23. The van der Waals surface area contributed by atoms with Gasteiger partial charge in [-0.2, -0.15) is 11.8 Å². The topological polar surface area (TPSA) is 52.5 Å². The van der Waals surface area contributed by atoms with Crippen molar-refractivity contribution in [2.45, 2.75) is 13.3 Å². The van der Waals surface area contributed by atoms with Gasteiger partial charge in [-0.3, -0.25) is 0 Å². The number of hydrogen-bond acceptors (Lipinski definition) is 4. The normalized spacial score (nSPS) is 22.9. The number of aliphatic hydroxyl groups is 2. The van der Waals surface area contributed by atoms with Crippen LogP contribution in [-0.2, 0) is 0 Å². The summed E-state index contributed by atoms with van der Waals surface area (Å²) in [5.41, 5.74) is -0.369. The molecule has 1 unspecified atom stereocenters. The minimum atomic E-state index is -0.369. The van der Waals surface area contributed by atoms with E-state index in [0.717, 1.165) is 12.5 Å². The van der Waals surface area contributed by atoms with E-state index in [1.807, 2.05) is 18.7 Å². The van der Waals surface area contributed by atoms with Crippen LogP contribution in [0.25, 0.3) is 0 Å². The number of hydrogen-bond donors (Lipinski definition) is 3. The smallest absolute Gasteiger partial charge is 0.0518 e. The average Bonchev–Trinajstić information content (AvgIpc) is 2.70. The Morgan fingerprint density at radius 2 is 2.14 bits per heavy atom. The number of nitrogens with one attached hydrogen (secondary N) is 1. The monoisotopic (exact) mass is 219 g/mol. The van der Waals surface area contributed by atoms with Crippen LogP contribution in [0.3, 0.4) is 0 Å². The molecule has 1 atom stereocenters. The van der Waals surface area contributed by atoms with Crippen molar-refractivity contribution in [2.75, 3.05) is 37.8 Å². The van der Waals surface area contributed by atoms with Gasteiger partial charge in [0.1, 0.15) is 0 Å². The van der Waals surface area contributed by atoms with E-state index in [1.54, 1.807) is 0 Å². The molecule has 0 radical (unpaired) electrons. The summed E-state index contributed by atoms with van der Waals surface area (Å²) >= 11 is 2.01. The van der Waals surface area contributed by atoms with E-state index in [1.165, 1.54) is 17.9 Å². The van der Waals surface area contributed by atoms with Gasteiger partial charge >= 0.3 is 0 Å². The molecule has 1 heterocycles. The van der Waals surface area contributed by atoms with Crippen molar-refractivity contribution in [2.24, 2.45) is 11.3 Å². The lowest BCUT2D eigenvalue weighted by molar-refractivity contribution is 0.0692.